The fraction of sp³-hybridized carbons (Fsp3) is 0.227. The summed E-state index contributed by atoms with van der Waals surface area (Å²) in [5.41, 5.74) is 2.85. The molecule has 1 aliphatic rings. The van der Waals surface area contributed by atoms with E-state index < -0.39 is 17.9 Å². The summed E-state index contributed by atoms with van der Waals surface area (Å²) >= 11 is 1.57. The second-order valence-electron chi connectivity index (χ2n) is 6.97. The summed E-state index contributed by atoms with van der Waals surface area (Å²) in [6, 6.07) is 12.1. The quantitative estimate of drug-likeness (QED) is 0.548. The van der Waals surface area contributed by atoms with Crippen molar-refractivity contribution in [3.05, 3.63) is 59.8 Å². The van der Waals surface area contributed by atoms with Crippen LogP contribution in [0.3, 0.4) is 0 Å². The first kappa shape index (κ1) is 20.0. The number of thioether (sulfide) groups is 1. The number of benzene rings is 2. The summed E-state index contributed by atoms with van der Waals surface area (Å²) in [6.07, 6.45) is 2.55. The molecule has 1 aromatic heterocycles. The monoisotopic (exact) mass is 423 g/mol. The number of H-pyrrole nitrogens is 1. The first-order chi connectivity index (χ1) is 14.5. The summed E-state index contributed by atoms with van der Waals surface area (Å²) in [5.74, 6) is -0.311. The van der Waals surface area contributed by atoms with Gasteiger partial charge in [-0.15, -0.1) is 11.8 Å². The van der Waals surface area contributed by atoms with Gasteiger partial charge in [-0.3, -0.25) is 9.59 Å². The minimum absolute atomic E-state index is 0.0782. The highest BCUT2D eigenvalue weighted by Gasteiger charge is 2.24. The molecule has 3 aromatic rings. The molecular weight excluding hydrogens is 402 g/mol. The van der Waals surface area contributed by atoms with E-state index in [1.54, 1.807) is 23.9 Å². The van der Waals surface area contributed by atoms with Gasteiger partial charge < -0.3 is 20.4 Å². The van der Waals surface area contributed by atoms with Crippen LogP contribution in [0.5, 0.6) is 0 Å². The number of hydrogen-bond acceptors (Lipinski definition) is 5. The van der Waals surface area contributed by atoms with Crippen LogP contribution in [0.25, 0.3) is 10.9 Å². The number of rotatable bonds is 5. The summed E-state index contributed by atoms with van der Waals surface area (Å²) in [6.45, 7) is 0. The number of aromatic nitrogens is 1. The number of carbonyl (C=O) groups excluding carboxylic acids is 3. The zero-order chi connectivity index (χ0) is 21.1. The van der Waals surface area contributed by atoms with Gasteiger partial charge in [-0.05, 0) is 29.8 Å². The molecule has 4 rings (SSSR count). The SMILES string of the molecule is COC(=O)[C@H](Cc1c[nH]c2ccccc12)NC(=O)c1ccc2c(c1)NC(=O)CCS2. The van der Waals surface area contributed by atoms with Crippen LogP contribution in [0.4, 0.5) is 5.69 Å². The Bertz CT molecular complexity index is 1120. The Morgan fingerprint density at radius 3 is 2.90 bits per heavy atom. The molecule has 2 heterocycles. The largest absolute Gasteiger partial charge is 0.467 e. The summed E-state index contributed by atoms with van der Waals surface area (Å²) in [5, 5.41) is 6.59. The minimum atomic E-state index is -0.843. The Labute approximate surface area is 177 Å². The molecular formula is C22H21N3O4S. The van der Waals surface area contributed by atoms with Gasteiger partial charge in [0.05, 0.1) is 12.8 Å². The third-order valence-corrected chi connectivity index (χ3v) is 6.07. The van der Waals surface area contributed by atoms with Crippen LogP contribution >= 0.6 is 11.8 Å². The van der Waals surface area contributed by atoms with E-state index >= 15 is 0 Å². The van der Waals surface area contributed by atoms with Crippen molar-refractivity contribution in [2.45, 2.75) is 23.8 Å². The number of aromatic amines is 1. The van der Waals surface area contributed by atoms with Gasteiger partial charge in [0.2, 0.25) is 5.91 Å². The highest BCUT2D eigenvalue weighted by atomic mass is 32.2. The lowest BCUT2D eigenvalue weighted by Crippen LogP contribution is -2.43. The molecule has 0 unspecified atom stereocenters. The van der Waals surface area contributed by atoms with Gasteiger partial charge in [0, 0.05) is 46.2 Å². The molecule has 1 aliphatic heterocycles. The first-order valence-electron chi connectivity index (χ1n) is 9.55. The molecule has 0 radical (unpaired) electrons. The lowest BCUT2D eigenvalue weighted by molar-refractivity contribution is -0.142. The Morgan fingerprint density at radius 1 is 1.23 bits per heavy atom. The van der Waals surface area contributed by atoms with E-state index in [1.807, 2.05) is 36.5 Å². The number of amides is 2. The molecule has 0 bridgehead atoms. The number of hydrogen-bond donors (Lipinski definition) is 3. The Morgan fingerprint density at radius 2 is 2.07 bits per heavy atom. The lowest BCUT2D eigenvalue weighted by Gasteiger charge is -2.17. The molecule has 0 aliphatic carbocycles. The number of esters is 1. The van der Waals surface area contributed by atoms with Crippen molar-refractivity contribution in [1.29, 1.82) is 0 Å². The maximum absolute atomic E-state index is 12.9. The molecule has 2 aromatic carbocycles. The molecule has 7 nitrogen and oxygen atoms in total. The normalized spacial score (nSPS) is 14.4. The van der Waals surface area contributed by atoms with Crippen molar-refractivity contribution >= 4 is 46.1 Å². The van der Waals surface area contributed by atoms with Crippen molar-refractivity contribution in [3.8, 4) is 0 Å². The number of para-hydroxylation sites is 1. The van der Waals surface area contributed by atoms with Gasteiger partial charge in [-0.25, -0.2) is 4.79 Å². The third kappa shape index (κ3) is 4.18. The van der Waals surface area contributed by atoms with Crippen molar-refractivity contribution in [2.75, 3.05) is 18.2 Å². The number of nitrogens with one attached hydrogen (secondary N) is 3. The molecule has 1 atom stereocenters. The fourth-order valence-corrected chi connectivity index (χ4v) is 4.40. The molecule has 0 fully saturated rings. The zero-order valence-corrected chi connectivity index (χ0v) is 17.2. The van der Waals surface area contributed by atoms with Gasteiger partial charge in [0.15, 0.2) is 0 Å². The third-order valence-electron chi connectivity index (χ3n) is 4.99. The number of carbonyl (C=O) groups is 3. The Kier molecular flexibility index (Phi) is 5.76. The van der Waals surface area contributed by atoms with Gasteiger partial charge in [0.25, 0.3) is 5.91 Å². The molecule has 2 amide bonds. The van der Waals surface area contributed by atoms with Crippen LogP contribution in [-0.4, -0.2) is 41.7 Å². The van der Waals surface area contributed by atoms with Crippen LogP contribution in [0.15, 0.2) is 53.6 Å². The van der Waals surface area contributed by atoms with Crippen molar-refractivity contribution in [1.82, 2.24) is 10.3 Å². The molecule has 0 saturated carbocycles. The predicted molar refractivity (Wildman–Crippen MR) is 116 cm³/mol. The maximum Gasteiger partial charge on any atom is 0.328 e. The molecule has 154 valence electrons. The van der Waals surface area contributed by atoms with Gasteiger partial charge in [-0.2, -0.15) is 0 Å². The molecule has 8 heteroatoms. The molecule has 0 saturated heterocycles. The second kappa shape index (κ2) is 8.62. The van der Waals surface area contributed by atoms with E-state index in [9.17, 15) is 14.4 Å². The fourth-order valence-electron chi connectivity index (χ4n) is 3.46. The summed E-state index contributed by atoms with van der Waals surface area (Å²) < 4.78 is 4.91. The van der Waals surface area contributed by atoms with Crippen LogP contribution in [0.2, 0.25) is 0 Å². The van der Waals surface area contributed by atoms with E-state index in [0.29, 0.717) is 29.8 Å². The van der Waals surface area contributed by atoms with E-state index in [4.69, 9.17) is 4.74 Å². The highest BCUT2D eigenvalue weighted by molar-refractivity contribution is 7.99. The van der Waals surface area contributed by atoms with Crippen LogP contribution < -0.4 is 10.6 Å². The van der Waals surface area contributed by atoms with E-state index in [-0.39, 0.29) is 5.91 Å². The summed E-state index contributed by atoms with van der Waals surface area (Å²) in [4.78, 5) is 41.1. The standard InChI is InChI=1S/C22H21N3O4S/c1-29-22(28)18(11-14-12-23-16-5-3-2-4-15(14)16)25-21(27)13-6-7-19-17(10-13)24-20(26)8-9-30-19/h2-7,10,12,18,23H,8-9,11H2,1H3,(H,24,26)(H,25,27)/t18-/m0/s1. The smallest absolute Gasteiger partial charge is 0.328 e. The van der Waals surface area contributed by atoms with Crippen molar-refractivity contribution in [3.63, 3.8) is 0 Å². The average molecular weight is 423 g/mol. The van der Waals surface area contributed by atoms with E-state index in [2.05, 4.69) is 15.6 Å². The molecule has 30 heavy (non-hydrogen) atoms. The highest BCUT2D eigenvalue weighted by Crippen LogP contribution is 2.31. The number of ether oxygens (including phenoxy) is 1. The minimum Gasteiger partial charge on any atom is -0.467 e. The van der Waals surface area contributed by atoms with Crippen molar-refractivity contribution < 1.29 is 19.1 Å². The number of methoxy groups -OCH3 is 1. The van der Waals surface area contributed by atoms with Crippen LogP contribution in [-0.2, 0) is 20.7 Å². The van der Waals surface area contributed by atoms with Gasteiger partial charge >= 0.3 is 5.97 Å². The zero-order valence-electron chi connectivity index (χ0n) is 16.4. The maximum atomic E-state index is 12.9. The topological polar surface area (TPSA) is 100 Å². The van der Waals surface area contributed by atoms with E-state index in [1.165, 1.54) is 7.11 Å². The van der Waals surface area contributed by atoms with E-state index in [0.717, 1.165) is 21.4 Å². The van der Waals surface area contributed by atoms with Gasteiger partial charge in [-0.1, -0.05) is 18.2 Å². The lowest BCUT2D eigenvalue weighted by atomic mass is 10.0. The van der Waals surface area contributed by atoms with Gasteiger partial charge in [0.1, 0.15) is 6.04 Å². The van der Waals surface area contributed by atoms with Crippen LogP contribution in [0, 0.1) is 0 Å². The summed E-state index contributed by atoms with van der Waals surface area (Å²) in [7, 11) is 1.30. The number of anilines is 1. The van der Waals surface area contributed by atoms with Crippen molar-refractivity contribution in [2.24, 2.45) is 0 Å². The Hall–Kier alpha value is -3.26. The predicted octanol–water partition coefficient (Wildman–Crippen LogP) is 3.12. The molecule has 3 N–H and O–H groups in total. The molecule has 0 spiro atoms. The average Bonchev–Trinajstić information content (AvgIpc) is 3.06. The van der Waals surface area contributed by atoms with Crippen LogP contribution in [0.1, 0.15) is 22.3 Å². The second-order valence-corrected chi connectivity index (χ2v) is 8.11. The first-order valence-corrected chi connectivity index (χ1v) is 10.5. The Balaban J connectivity index is 1.55. The number of fused-ring (bicyclic) bond motifs is 2.